The number of carbonyl (C=O) groups excluding carboxylic acids is 1. The highest BCUT2D eigenvalue weighted by molar-refractivity contribution is 7.91. The van der Waals surface area contributed by atoms with E-state index in [4.69, 9.17) is 0 Å². The van der Waals surface area contributed by atoms with E-state index < -0.39 is 9.84 Å². The summed E-state index contributed by atoms with van der Waals surface area (Å²) >= 11 is 0. The van der Waals surface area contributed by atoms with Gasteiger partial charge in [-0.15, -0.1) is 0 Å². The summed E-state index contributed by atoms with van der Waals surface area (Å²) in [5.41, 5.74) is 3.13. The molecule has 0 saturated carbocycles. The van der Waals surface area contributed by atoms with Crippen molar-refractivity contribution >= 4 is 27.1 Å². The summed E-state index contributed by atoms with van der Waals surface area (Å²) in [7, 11) is -3.08. The monoisotopic (exact) mass is 384 g/mol. The van der Waals surface area contributed by atoms with Crippen LogP contribution in [0.3, 0.4) is 0 Å². The summed E-state index contributed by atoms with van der Waals surface area (Å²) < 4.78 is 24.0. The molecule has 2 aliphatic rings. The van der Waals surface area contributed by atoms with Gasteiger partial charge in [-0.2, -0.15) is 0 Å². The summed E-state index contributed by atoms with van der Waals surface area (Å²) in [6.07, 6.45) is 1.42. The van der Waals surface area contributed by atoms with E-state index >= 15 is 0 Å². The highest BCUT2D eigenvalue weighted by Gasteiger charge is 2.37. The van der Waals surface area contributed by atoms with Gasteiger partial charge in [0.25, 0.3) is 0 Å². The van der Waals surface area contributed by atoms with E-state index in [2.05, 4.69) is 24.0 Å². The maximum Gasteiger partial charge on any atom is 0.246 e. The summed E-state index contributed by atoms with van der Waals surface area (Å²) in [6.45, 7) is 2.38. The number of hydrogen-bond donors (Lipinski definition) is 0. The Morgan fingerprint density at radius 1 is 1.11 bits per heavy atom. The van der Waals surface area contributed by atoms with Crippen molar-refractivity contribution in [1.29, 1.82) is 0 Å². The average Bonchev–Trinajstić information content (AvgIpc) is 3.15. The SMILES string of the molecule is C[C@H]1Cc2ccccc2N1CC(=O)N(c1ccccc1)[C@H]1CCS(=O)(=O)C1. The standard InChI is InChI=1S/C21H24N2O3S/c1-16-13-17-7-5-6-10-20(17)22(16)14-21(24)23(18-8-3-2-4-9-18)19-11-12-27(25,26)15-19/h2-10,16,19H,11-15H2,1H3/t16-,19-/m0/s1. The number of nitrogens with zero attached hydrogens (tertiary/aromatic N) is 2. The largest absolute Gasteiger partial charge is 0.359 e. The van der Waals surface area contributed by atoms with E-state index in [-0.39, 0.29) is 36.0 Å². The van der Waals surface area contributed by atoms with Crippen molar-refractivity contribution in [1.82, 2.24) is 0 Å². The van der Waals surface area contributed by atoms with Crippen LogP contribution in [0.15, 0.2) is 54.6 Å². The molecule has 0 aromatic heterocycles. The minimum absolute atomic E-state index is 0.0414. The first-order valence-electron chi connectivity index (χ1n) is 9.37. The molecule has 6 heteroatoms. The number of fused-ring (bicyclic) bond motifs is 1. The van der Waals surface area contributed by atoms with Crippen LogP contribution in [-0.2, 0) is 21.1 Å². The zero-order chi connectivity index (χ0) is 19.0. The first kappa shape index (κ1) is 18.0. The van der Waals surface area contributed by atoms with Crippen LogP contribution < -0.4 is 9.80 Å². The summed E-state index contributed by atoms with van der Waals surface area (Å²) in [5.74, 6) is 0.142. The molecule has 0 bridgehead atoms. The van der Waals surface area contributed by atoms with E-state index in [1.807, 2.05) is 42.5 Å². The molecule has 2 atom stereocenters. The molecule has 142 valence electrons. The second-order valence-electron chi connectivity index (χ2n) is 7.47. The van der Waals surface area contributed by atoms with Crippen molar-refractivity contribution in [2.45, 2.75) is 31.8 Å². The third-order valence-electron chi connectivity index (χ3n) is 5.53. The zero-order valence-corrected chi connectivity index (χ0v) is 16.2. The molecule has 0 radical (unpaired) electrons. The van der Waals surface area contributed by atoms with Gasteiger partial charge in [0.2, 0.25) is 5.91 Å². The number of amides is 1. The highest BCUT2D eigenvalue weighted by atomic mass is 32.2. The number of hydrogen-bond acceptors (Lipinski definition) is 4. The van der Waals surface area contributed by atoms with Gasteiger partial charge in [0.05, 0.1) is 24.1 Å². The molecule has 2 aromatic carbocycles. The van der Waals surface area contributed by atoms with Gasteiger partial charge in [0, 0.05) is 17.4 Å². The number of para-hydroxylation sites is 2. The predicted octanol–water partition coefficient (Wildman–Crippen LogP) is 2.66. The number of rotatable bonds is 4. The molecule has 0 spiro atoms. The van der Waals surface area contributed by atoms with Crippen molar-refractivity contribution in [2.24, 2.45) is 0 Å². The van der Waals surface area contributed by atoms with Gasteiger partial charge < -0.3 is 9.80 Å². The van der Waals surface area contributed by atoms with Crippen LogP contribution in [0.25, 0.3) is 0 Å². The van der Waals surface area contributed by atoms with Gasteiger partial charge in [-0.05, 0) is 43.5 Å². The van der Waals surface area contributed by atoms with Crippen LogP contribution in [-0.4, -0.2) is 44.5 Å². The van der Waals surface area contributed by atoms with Gasteiger partial charge >= 0.3 is 0 Å². The molecule has 2 aliphatic heterocycles. The molecule has 0 unspecified atom stereocenters. The molecule has 1 saturated heterocycles. The lowest BCUT2D eigenvalue weighted by Crippen LogP contribution is -2.47. The van der Waals surface area contributed by atoms with E-state index in [1.165, 1.54) is 5.56 Å². The van der Waals surface area contributed by atoms with Gasteiger partial charge in [0.15, 0.2) is 9.84 Å². The Balaban J connectivity index is 1.62. The number of carbonyl (C=O) groups is 1. The van der Waals surface area contributed by atoms with E-state index in [0.717, 1.165) is 17.8 Å². The number of anilines is 2. The van der Waals surface area contributed by atoms with Crippen LogP contribution in [0.4, 0.5) is 11.4 Å². The molecule has 0 aliphatic carbocycles. The molecule has 1 amide bonds. The van der Waals surface area contributed by atoms with Crippen molar-refractivity contribution in [3.8, 4) is 0 Å². The minimum atomic E-state index is -3.08. The average molecular weight is 385 g/mol. The molecular weight excluding hydrogens is 360 g/mol. The Kier molecular flexibility index (Phi) is 4.68. The smallest absolute Gasteiger partial charge is 0.246 e. The van der Waals surface area contributed by atoms with Crippen LogP contribution in [0, 0.1) is 0 Å². The van der Waals surface area contributed by atoms with Crippen LogP contribution in [0.5, 0.6) is 0 Å². The minimum Gasteiger partial charge on any atom is -0.359 e. The molecule has 27 heavy (non-hydrogen) atoms. The number of benzene rings is 2. The van der Waals surface area contributed by atoms with Gasteiger partial charge in [-0.3, -0.25) is 4.79 Å². The Labute approximate surface area is 160 Å². The number of sulfone groups is 1. The summed E-state index contributed by atoms with van der Waals surface area (Å²) in [6, 6.07) is 17.6. The lowest BCUT2D eigenvalue weighted by Gasteiger charge is -2.32. The van der Waals surface area contributed by atoms with Crippen molar-refractivity contribution in [3.63, 3.8) is 0 Å². The summed E-state index contributed by atoms with van der Waals surface area (Å²) in [4.78, 5) is 17.2. The van der Waals surface area contributed by atoms with Crippen LogP contribution >= 0.6 is 0 Å². The molecule has 5 nitrogen and oxygen atoms in total. The molecule has 4 rings (SSSR count). The molecule has 1 fully saturated rings. The normalized spacial score (nSPS) is 23.2. The zero-order valence-electron chi connectivity index (χ0n) is 15.4. The topological polar surface area (TPSA) is 57.7 Å². The fraction of sp³-hybridized carbons (Fsp3) is 0.381. The van der Waals surface area contributed by atoms with E-state index in [9.17, 15) is 13.2 Å². The Bertz CT molecular complexity index is 943. The van der Waals surface area contributed by atoms with E-state index in [0.29, 0.717) is 6.42 Å². The highest BCUT2D eigenvalue weighted by Crippen LogP contribution is 2.32. The molecule has 2 heterocycles. The second-order valence-corrected chi connectivity index (χ2v) is 9.69. The van der Waals surface area contributed by atoms with Crippen molar-refractivity contribution < 1.29 is 13.2 Å². The molecule has 2 aromatic rings. The van der Waals surface area contributed by atoms with Crippen molar-refractivity contribution in [3.05, 3.63) is 60.2 Å². The third-order valence-corrected chi connectivity index (χ3v) is 7.28. The van der Waals surface area contributed by atoms with Gasteiger partial charge in [0.1, 0.15) is 0 Å². The second kappa shape index (κ2) is 7.00. The predicted molar refractivity (Wildman–Crippen MR) is 108 cm³/mol. The fourth-order valence-corrected chi connectivity index (χ4v) is 5.92. The Hall–Kier alpha value is -2.34. The molecule has 0 N–H and O–H groups in total. The Morgan fingerprint density at radius 2 is 1.81 bits per heavy atom. The van der Waals surface area contributed by atoms with E-state index in [1.54, 1.807) is 4.90 Å². The first-order valence-corrected chi connectivity index (χ1v) is 11.2. The van der Waals surface area contributed by atoms with Crippen LogP contribution in [0.2, 0.25) is 0 Å². The quantitative estimate of drug-likeness (QED) is 0.813. The lowest BCUT2D eigenvalue weighted by molar-refractivity contribution is -0.117. The summed E-state index contributed by atoms with van der Waals surface area (Å²) in [5, 5.41) is 0. The maximum absolute atomic E-state index is 13.3. The third kappa shape index (κ3) is 3.58. The molecular formula is C21H24N2O3S. The Morgan fingerprint density at radius 3 is 2.52 bits per heavy atom. The maximum atomic E-state index is 13.3. The fourth-order valence-electron chi connectivity index (χ4n) is 4.22. The van der Waals surface area contributed by atoms with Crippen molar-refractivity contribution in [2.75, 3.05) is 27.9 Å². The first-order chi connectivity index (χ1) is 12.9. The van der Waals surface area contributed by atoms with Gasteiger partial charge in [-0.25, -0.2) is 8.42 Å². The van der Waals surface area contributed by atoms with Crippen LogP contribution in [0.1, 0.15) is 18.9 Å². The lowest BCUT2D eigenvalue weighted by atomic mass is 10.1. The van der Waals surface area contributed by atoms with Gasteiger partial charge in [-0.1, -0.05) is 36.4 Å².